The molecule has 0 aliphatic heterocycles. The van der Waals surface area contributed by atoms with Crippen LogP contribution in [0.4, 0.5) is 11.4 Å². The Bertz CT molecular complexity index is 872. The maximum absolute atomic E-state index is 13.2. The molecule has 0 atom stereocenters. The van der Waals surface area contributed by atoms with Gasteiger partial charge in [-0.25, -0.2) is 0 Å². The van der Waals surface area contributed by atoms with Gasteiger partial charge in [-0.15, -0.1) is 0 Å². The Kier molecular flexibility index (Phi) is 6.02. The molecule has 0 saturated heterocycles. The van der Waals surface area contributed by atoms with Crippen molar-refractivity contribution in [1.82, 2.24) is 4.90 Å². The Morgan fingerprint density at radius 1 is 1.11 bits per heavy atom. The lowest BCUT2D eigenvalue weighted by Gasteiger charge is -2.26. The number of hydrogen-bond donors (Lipinski definition) is 1. The topological polar surface area (TPSA) is 52.7 Å². The maximum Gasteiger partial charge on any atom is 0.254 e. The van der Waals surface area contributed by atoms with Gasteiger partial charge in [-0.05, 0) is 55.7 Å². The molecule has 0 spiro atoms. The van der Waals surface area contributed by atoms with Crippen molar-refractivity contribution in [2.45, 2.75) is 45.7 Å². The fourth-order valence-electron chi connectivity index (χ4n) is 3.36. The summed E-state index contributed by atoms with van der Waals surface area (Å²) in [5, 5.41) is 2.92. The van der Waals surface area contributed by atoms with Crippen molar-refractivity contribution >= 4 is 23.2 Å². The molecule has 5 nitrogen and oxygen atoms in total. The minimum atomic E-state index is -0.0153. The van der Waals surface area contributed by atoms with Gasteiger partial charge >= 0.3 is 0 Å². The van der Waals surface area contributed by atoms with Gasteiger partial charge in [-0.3, -0.25) is 9.59 Å². The van der Waals surface area contributed by atoms with Crippen molar-refractivity contribution in [3.63, 3.8) is 0 Å². The predicted octanol–water partition coefficient (Wildman–Crippen LogP) is 4.21. The van der Waals surface area contributed by atoms with Crippen LogP contribution in [0.5, 0.6) is 0 Å². The van der Waals surface area contributed by atoms with Gasteiger partial charge in [-0.1, -0.05) is 24.6 Å². The van der Waals surface area contributed by atoms with Gasteiger partial charge in [0.25, 0.3) is 5.91 Å². The number of nitrogens with one attached hydrogen (secondary N) is 1. The number of carbonyl (C=O) groups is 2. The van der Waals surface area contributed by atoms with Crippen LogP contribution in [0.15, 0.2) is 42.5 Å². The minimum Gasteiger partial charge on any atom is -0.377 e. The molecule has 1 N–H and O–H groups in total. The summed E-state index contributed by atoms with van der Waals surface area (Å²) in [6, 6.07) is 14.0. The molecule has 1 aliphatic carbocycles. The molecule has 0 bridgehead atoms. The lowest BCUT2D eigenvalue weighted by Crippen LogP contribution is -2.33. The summed E-state index contributed by atoms with van der Waals surface area (Å²) < 4.78 is 0. The molecule has 1 aliphatic rings. The number of nitrogens with zero attached hydrogens (tertiary/aromatic N) is 2. The predicted molar refractivity (Wildman–Crippen MR) is 114 cm³/mol. The molecular weight excluding hydrogens is 350 g/mol. The van der Waals surface area contributed by atoms with E-state index >= 15 is 0 Å². The molecule has 2 aromatic rings. The van der Waals surface area contributed by atoms with Gasteiger partial charge in [0.2, 0.25) is 5.91 Å². The summed E-state index contributed by atoms with van der Waals surface area (Å²) in [6.45, 7) is 4.36. The summed E-state index contributed by atoms with van der Waals surface area (Å²) in [4.78, 5) is 29.0. The Morgan fingerprint density at radius 2 is 1.86 bits per heavy atom. The first kappa shape index (κ1) is 19.9. The van der Waals surface area contributed by atoms with Crippen molar-refractivity contribution in [3.8, 4) is 0 Å². The van der Waals surface area contributed by atoms with Crippen LogP contribution in [-0.4, -0.2) is 36.9 Å². The number of amides is 2. The molecule has 148 valence electrons. The zero-order valence-electron chi connectivity index (χ0n) is 17.2. The van der Waals surface area contributed by atoms with E-state index in [1.807, 2.05) is 80.2 Å². The first-order valence-corrected chi connectivity index (χ1v) is 9.86. The summed E-state index contributed by atoms with van der Waals surface area (Å²) >= 11 is 0. The molecule has 1 fully saturated rings. The van der Waals surface area contributed by atoms with E-state index in [2.05, 4.69) is 5.32 Å². The summed E-state index contributed by atoms with van der Waals surface area (Å²) in [5.74, 6) is 0.0531. The second-order valence-corrected chi connectivity index (χ2v) is 7.67. The molecule has 1 saturated carbocycles. The number of anilines is 2. The van der Waals surface area contributed by atoms with E-state index in [4.69, 9.17) is 0 Å². The molecule has 5 heteroatoms. The van der Waals surface area contributed by atoms with E-state index in [0.29, 0.717) is 13.0 Å². The standard InChI is InChI=1S/C23H29N3O2/c1-5-22(27)24-19-9-12-21(25(3)4)18(14-19)15-26(20-10-11-20)23(28)17-8-6-7-16(2)13-17/h6-9,12-14,20H,5,10-11,15H2,1-4H3,(H,24,27). The van der Waals surface area contributed by atoms with E-state index in [1.54, 1.807) is 0 Å². The highest BCUT2D eigenvalue weighted by Crippen LogP contribution is 2.33. The maximum atomic E-state index is 13.2. The first-order chi connectivity index (χ1) is 13.4. The third-order valence-corrected chi connectivity index (χ3v) is 5.02. The highest BCUT2D eigenvalue weighted by atomic mass is 16.2. The average Bonchev–Trinajstić information content (AvgIpc) is 3.50. The second-order valence-electron chi connectivity index (χ2n) is 7.67. The van der Waals surface area contributed by atoms with Gasteiger partial charge in [-0.2, -0.15) is 0 Å². The number of aryl methyl sites for hydroxylation is 1. The van der Waals surface area contributed by atoms with Gasteiger partial charge in [0, 0.05) is 50.0 Å². The molecule has 3 rings (SSSR count). The van der Waals surface area contributed by atoms with E-state index in [1.165, 1.54) is 0 Å². The SMILES string of the molecule is CCC(=O)Nc1ccc(N(C)C)c(CN(C(=O)c2cccc(C)c2)C2CC2)c1. The second kappa shape index (κ2) is 8.46. The fourth-order valence-corrected chi connectivity index (χ4v) is 3.36. The van der Waals surface area contributed by atoms with Crippen LogP contribution in [0.1, 0.15) is 47.7 Å². The number of benzene rings is 2. The summed E-state index contributed by atoms with van der Waals surface area (Å²) in [6.07, 6.45) is 2.52. The largest absolute Gasteiger partial charge is 0.377 e. The Balaban J connectivity index is 1.90. The number of rotatable bonds is 7. The van der Waals surface area contributed by atoms with Crippen LogP contribution in [-0.2, 0) is 11.3 Å². The Morgan fingerprint density at radius 3 is 2.46 bits per heavy atom. The highest BCUT2D eigenvalue weighted by molar-refractivity contribution is 5.95. The van der Waals surface area contributed by atoms with Crippen molar-refractivity contribution in [2.75, 3.05) is 24.3 Å². The highest BCUT2D eigenvalue weighted by Gasteiger charge is 2.33. The van der Waals surface area contributed by atoms with Crippen LogP contribution < -0.4 is 10.2 Å². The zero-order chi connectivity index (χ0) is 20.3. The average molecular weight is 380 g/mol. The van der Waals surface area contributed by atoms with Gasteiger partial charge in [0.15, 0.2) is 0 Å². The number of carbonyl (C=O) groups excluding carboxylic acids is 2. The molecule has 0 heterocycles. The van der Waals surface area contributed by atoms with Crippen molar-refractivity contribution in [1.29, 1.82) is 0 Å². The summed E-state index contributed by atoms with van der Waals surface area (Å²) in [5.41, 5.74) is 4.67. The van der Waals surface area contributed by atoms with Crippen LogP contribution in [0, 0.1) is 6.92 Å². The van der Waals surface area contributed by atoms with E-state index in [-0.39, 0.29) is 17.9 Å². The third-order valence-electron chi connectivity index (χ3n) is 5.02. The van der Waals surface area contributed by atoms with E-state index in [0.717, 1.165) is 40.9 Å². The van der Waals surface area contributed by atoms with Gasteiger partial charge in [0.05, 0.1) is 0 Å². The van der Waals surface area contributed by atoms with Crippen LogP contribution in [0.3, 0.4) is 0 Å². The molecule has 2 aromatic carbocycles. The van der Waals surface area contributed by atoms with Crippen molar-refractivity contribution in [2.24, 2.45) is 0 Å². The fraction of sp³-hybridized carbons (Fsp3) is 0.391. The van der Waals surface area contributed by atoms with E-state index in [9.17, 15) is 9.59 Å². The van der Waals surface area contributed by atoms with Crippen molar-refractivity contribution < 1.29 is 9.59 Å². The van der Waals surface area contributed by atoms with Crippen LogP contribution in [0.2, 0.25) is 0 Å². The van der Waals surface area contributed by atoms with E-state index < -0.39 is 0 Å². The van der Waals surface area contributed by atoms with Crippen LogP contribution in [0.25, 0.3) is 0 Å². The normalized spacial score (nSPS) is 13.1. The minimum absolute atomic E-state index is 0.0153. The lowest BCUT2D eigenvalue weighted by atomic mass is 10.1. The molecule has 0 aromatic heterocycles. The monoisotopic (exact) mass is 379 g/mol. The molecule has 0 radical (unpaired) electrons. The first-order valence-electron chi connectivity index (χ1n) is 9.86. The molecule has 28 heavy (non-hydrogen) atoms. The van der Waals surface area contributed by atoms with Crippen LogP contribution >= 0.6 is 0 Å². The Hall–Kier alpha value is -2.82. The quantitative estimate of drug-likeness (QED) is 0.784. The smallest absolute Gasteiger partial charge is 0.254 e. The summed E-state index contributed by atoms with van der Waals surface area (Å²) in [7, 11) is 3.99. The Labute approximate surface area is 167 Å². The molecule has 2 amide bonds. The lowest BCUT2D eigenvalue weighted by molar-refractivity contribution is -0.115. The van der Waals surface area contributed by atoms with Crippen molar-refractivity contribution in [3.05, 3.63) is 59.2 Å². The van der Waals surface area contributed by atoms with Gasteiger partial charge < -0.3 is 15.1 Å². The van der Waals surface area contributed by atoms with Gasteiger partial charge in [0.1, 0.15) is 0 Å². The molecular formula is C23H29N3O2. The zero-order valence-corrected chi connectivity index (χ0v) is 17.2. The third kappa shape index (κ3) is 4.71. The molecule has 0 unspecified atom stereocenters. The number of hydrogen-bond acceptors (Lipinski definition) is 3.